The maximum absolute atomic E-state index is 13.6. The molecule has 2 aliphatic rings. The van der Waals surface area contributed by atoms with Gasteiger partial charge in [0.15, 0.2) is 6.04 Å². The Balaban J connectivity index is 1.73. The Bertz CT molecular complexity index is 705. The van der Waals surface area contributed by atoms with Gasteiger partial charge >= 0.3 is 6.18 Å². The fourth-order valence-electron chi connectivity index (χ4n) is 3.85. The maximum Gasteiger partial charge on any atom is 0.412 e. The van der Waals surface area contributed by atoms with Crippen molar-refractivity contribution in [3.05, 3.63) is 34.9 Å². The molecular weight excluding hydrogens is 395 g/mol. The molecule has 2 heterocycles. The molecule has 9 heteroatoms. The SMILES string of the molecule is O=C(N[C@@H](c1ccc(Cl)cc1)C(F)(F)F)[C@H]1CCCN1C(=O)[C@H]1CCCNC1. The minimum Gasteiger partial charge on any atom is -0.339 e. The largest absolute Gasteiger partial charge is 0.412 e. The number of hydrogen-bond acceptors (Lipinski definition) is 3. The molecule has 2 saturated heterocycles. The first kappa shape index (κ1) is 20.9. The third kappa shape index (κ3) is 4.78. The number of likely N-dealkylation sites (tertiary alicyclic amines) is 1. The van der Waals surface area contributed by atoms with Crippen LogP contribution in [0, 0.1) is 5.92 Å². The van der Waals surface area contributed by atoms with Gasteiger partial charge in [-0.3, -0.25) is 9.59 Å². The normalized spacial score (nSPS) is 24.1. The van der Waals surface area contributed by atoms with Crippen LogP contribution < -0.4 is 10.6 Å². The molecule has 0 unspecified atom stereocenters. The fraction of sp³-hybridized carbons (Fsp3) is 0.579. The Morgan fingerprint density at radius 1 is 1.18 bits per heavy atom. The van der Waals surface area contributed by atoms with E-state index in [-0.39, 0.29) is 17.4 Å². The highest BCUT2D eigenvalue weighted by molar-refractivity contribution is 6.30. The zero-order chi connectivity index (χ0) is 20.3. The van der Waals surface area contributed by atoms with Crippen LogP contribution in [0.1, 0.15) is 37.3 Å². The van der Waals surface area contributed by atoms with Gasteiger partial charge in [0.1, 0.15) is 6.04 Å². The number of carbonyl (C=O) groups is 2. The molecule has 0 aliphatic carbocycles. The van der Waals surface area contributed by atoms with E-state index in [1.54, 1.807) is 0 Å². The van der Waals surface area contributed by atoms with E-state index in [1.165, 1.54) is 29.2 Å². The number of amides is 2. The minimum atomic E-state index is -4.66. The Kier molecular flexibility index (Phi) is 6.50. The van der Waals surface area contributed by atoms with E-state index in [0.717, 1.165) is 19.4 Å². The molecule has 0 aromatic heterocycles. The van der Waals surface area contributed by atoms with Crippen LogP contribution in [-0.2, 0) is 9.59 Å². The van der Waals surface area contributed by atoms with E-state index in [4.69, 9.17) is 11.6 Å². The van der Waals surface area contributed by atoms with Crippen molar-refractivity contribution in [2.24, 2.45) is 5.92 Å². The van der Waals surface area contributed by atoms with Gasteiger partial charge in [-0.2, -0.15) is 13.2 Å². The van der Waals surface area contributed by atoms with Crippen LogP contribution in [0.5, 0.6) is 0 Å². The van der Waals surface area contributed by atoms with Gasteiger partial charge in [-0.05, 0) is 49.9 Å². The monoisotopic (exact) mass is 417 g/mol. The van der Waals surface area contributed by atoms with Gasteiger partial charge in [-0.15, -0.1) is 0 Å². The number of benzene rings is 1. The van der Waals surface area contributed by atoms with Crippen LogP contribution in [0.2, 0.25) is 5.02 Å². The van der Waals surface area contributed by atoms with E-state index < -0.39 is 24.2 Å². The number of piperidine rings is 1. The van der Waals surface area contributed by atoms with Crippen LogP contribution >= 0.6 is 11.6 Å². The summed E-state index contributed by atoms with van der Waals surface area (Å²) in [6.45, 7) is 1.78. The summed E-state index contributed by atoms with van der Waals surface area (Å²) in [6, 6.07) is 2.17. The molecule has 2 amide bonds. The molecule has 154 valence electrons. The lowest BCUT2D eigenvalue weighted by atomic mass is 9.97. The molecule has 2 fully saturated rings. The molecule has 0 radical (unpaired) electrons. The van der Waals surface area contributed by atoms with Crippen LogP contribution in [-0.4, -0.2) is 48.6 Å². The summed E-state index contributed by atoms with van der Waals surface area (Å²) in [5.41, 5.74) is -0.0994. The lowest BCUT2D eigenvalue weighted by molar-refractivity contribution is -0.165. The summed E-state index contributed by atoms with van der Waals surface area (Å²) in [7, 11) is 0. The van der Waals surface area contributed by atoms with Crippen molar-refractivity contribution in [2.75, 3.05) is 19.6 Å². The molecule has 0 spiro atoms. The average molecular weight is 418 g/mol. The second kappa shape index (κ2) is 8.69. The van der Waals surface area contributed by atoms with Gasteiger partial charge in [0.05, 0.1) is 5.92 Å². The molecule has 3 atom stereocenters. The summed E-state index contributed by atoms with van der Waals surface area (Å²) in [6.07, 6.45) is -2.10. The predicted molar refractivity (Wildman–Crippen MR) is 98.7 cm³/mol. The Hall–Kier alpha value is -1.80. The molecule has 1 aromatic rings. The smallest absolute Gasteiger partial charge is 0.339 e. The van der Waals surface area contributed by atoms with E-state index in [2.05, 4.69) is 10.6 Å². The van der Waals surface area contributed by atoms with Gasteiger partial charge in [-0.25, -0.2) is 0 Å². The fourth-order valence-corrected chi connectivity index (χ4v) is 3.97. The van der Waals surface area contributed by atoms with Crippen LogP contribution in [0.3, 0.4) is 0 Å². The third-order valence-corrected chi connectivity index (χ3v) is 5.55. The maximum atomic E-state index is 13.6. The van der Waals surface area contributed by atoms with Crippen molar-refractivity contribution in [1.82, 2.24) is 15.5 Å². The number of rotatable bonds is 4. The van der Waals surface area contributed by atoms with Gasteiger partial charge in [0.25, 0.3) is 0 Å². The minimum absolute atomic E-state index is 0.0994. The summed E-state index contributed by atoms with van der Waals surface area (Å²) < 4.78 is 40.7. The topological polar surface area (TPSA) is 61.4 Å². The van der Waals surface area contributed by atoms with Crippen LogP contribution in [0.4, 0.5) is 13.2 Å². The number of hydrogen-bond donors (Lipinski definition) is 2. The van der Waals surface area contributed by atoms with E-state index in [0.29, 0.717) is 31.0 Å². The first-order valence-corrected chi connectivity index (χ1v) is 9.79. The molecule has 1 aromatic carbocycles. The number of alkyl halides is 3. The first-order valence-electron chi connectivity index (χ1n) is 9.41. The van der Waals surface area contributed by atoms with Gasteiger partial charge in [-0.1, -0.05) is 23.7 Å². The van der Waals surface area contributed by atoms with Crippen LogP contribution in [0.25, 0.3) is 0 Å². The lowest BCUT2D eigenvalue weighted by Gasteiger charge is -2.31. The number of halogens is 4. The molecule has 28 heavy (non-hydrogen) atoms. The molecule has 0 bridgehead atoms. The molecule has 2 N–H and O–H groups in total. The van der Waals surface area contributed by atoms with E-state index >= 15 is 0 Å². The lowest BCUT2D eigenvalue weighted by Crippen LogP contribution is -2.52. The van der Waals surface area contributed by atoms with Gasteiger partial charge < -0.3 is 15.5 Å². The summed E-state index contributed by atoms with van der Waals surface area (Å²) in [5.74, 6) is -1.15. The second-order valence-corrected chi connectivity index (χ2v) is 7.70. The highest BCUT2D eigenvalue weighted by atomic mass is 35.5. The number of carbonyl (C=O) groups excluding carboxylic acids is 2. The summed E-state index contributed by atoms with van der Waals surface area (Å²) >= 11 is 5.75. The standard InChI is InChI=1S/C19H23ClF3N3O2/c20-14-7-5-12(6-8-14)16(19(21,22)23)25-17(27)15-4-2-10-26(15)18(28)13-3-1-9-24-11-13/h5-8,13,15-16,24H,1-4,9-11H2,(H,25,27)/t13-,15+,16-/m0/s1. The van der Waals surface area contributed by atoms with Crippen molar-refractivity contribution >= 4 is 23.4 Å². The second-order valence-electron chi connectivity index (χ2n) is 7.27. The molecular formula is C19H23ClF3N3O2. The zero-order valence-electron chi connectivity index (χ0n) is 15.3. The Morgan fingerprint density at radius 3 is 2.50 bits per heavy atom. The third-order valence-electron chi connectivity index (χ3n) is 5.30. The van der Waals surface area contributed by atoms with Crippen molar-refractivity contribution in [2.45, 2.75) is 43.9 Å². The van der Waals surface area contributed by atoms with Crippen molar-refractivity contribution in [3.63, 3.8) is 0 Å². The zero-order valence-corrected chi connectivity index (χ0v) is 16.0. The molecule has 0 saturated carbocycles. The Morgan fingerprint density at radius 2 is 1.89 bits per heavy atom. The van der Waals surface area contributed by atoms with Gasteiger partial charge in [0, 0.05) is 18.1 Å². The van der Waals surface area contributed by atoms with Gasteiger partial charge in [0.2, 0.25) is 11.8 Å². The van der Waals surface area contributed by atoms with E-state index in [1.807, 2.05) is 0 Å². The molecule has 5 nitrogen and oxygen atoms in total. The predicted octanol–water partition coefficient (Wildman–Crippen LogP) is 3.05. The van der Waals surface area contributed by atoms with Crippen molar-refractivity contribution in [1.29, 1.82) is 0 Å². The highest BCUT2D eigenvalue weighted by Gasteiger charge is 2.44. The van der Waals surface area contributed by atoms with Crippen molar-refractivity contribution in [3.8, 4) is 0 Å². The highest BCUT2D eigenvalue weighted by Crippen LogP contribution is 2.34. The number of nitrogens with one attached hydrogen (secondary N) is 2. The average Bonchev–Trinajstić information content (AvgIpc) is 3.16. The van der Waals surface area contributed by atoms with Crippen molar-refractivity contribution < 1.29 is 22.8 Å². The molecule has 3 rings (SSSR count). The summed E-state index contributed by atoms with van der Waals surface area (Å²) in [4.78, 5) is 26.9. The Labute approximate surface area is 166 Å². The first-order chi connectivity index (χ1) is 13.3. The molecule has 2 aliphatic heterocycles. The quantitative estimate of drug-likeness (QED) is 0.791. The van der Waals surface area contributed by atoms with Crippen LogP contribution in [0.15, 0.2) is 24.3 Å². The van der Waals surface area contributed by atoms with E-state index in [9.17, 15) is 22.8 Å². The summed E-state index contributed by atoms with van der Waals surface area (Å²) in [5, 5.41) is 5.57. The number of nitrogens with zero attached hydrogens (tertiary/aromatic N) is 1.